The van der Waals surface area contributed by atoms with E-state index < -0.39 is 64.0 Å². The van der Waals surface area contributed by atoms with Gasteiger partial charge in [-0.05, 0) is 35.4 Å². The number of halogens is 6. The number of hydrogen-bond acceptors (Lipinski definition) is 14. The number of rotatable bonds is 10. The first-order valence-corrected chi connectivity index (χ1v) is 12.6. The highest BCUT2D eigenvalue weighted by Gasteiger charge is 2.72. The number of carbonyl (C=O) groups is 2. The van der Waals surface area contributed by atoms with Crippen LogP contribution in [-0.4, -0.2) is 82.6 Å². The Morgan fingerprint density at radius 1 is 0.468 bits per heavy atom. The van der Waals surface area contributed by atoms with E-state index in [1.807, 2.05) is 0 Å². The van der Waals surface area contributed by atoms with Crippen LogP contribution in [0, 0.1) is 0 Å². The van der Waals surface area contributed by atoms with Crippen LogP contribution in [-0.2, 0) is 5.41 Å². The van der Waals surface area contributed by atoms with Crippen molar-refractivity contribution in [2.45, 2.75) is 17.8 Å². The zero-order chi connectivity index (χ0) is 34.6. The fourth-order valence-corrected chi connectivity index (χ4v) is 4.08. The van der Waals surface area contributed by atoms with Crippen LogP contribution in [0.1, 0.15) is 31.8 Å². The van der Waals surface area contributed by atoms with Crippen molar-refractivity contribution in [3.63, 3.8) is 0 Å². The zero-order valence-electron chi connectivity index (χ0n) is 24.3. The Morgan fingerprint density at radius 3 is 0.957 bits per heavy atom. The number of esters is 2. The van der Waals surface area contributed by atoms with Crippen molar-refractivity contribution < 1.29 is 64.4 Å². The maximum atomic E-state index is 14.6. The maximum absolute atomic E-state index is 14.6. The smallest absolute Gasteiger partial charge is 0.411 e. The SMILES string of the molecule is COc1nc(OC)nc(OC(=O)c2ccc(C(c3ccc(C(=O)Oc4nc(OC)nc(OC)n4)cc3)(C(F)(F)F)C(F)(F)F)cc2)n1. The van der Waals surface area contributed by atoms with E-state index in [0.29, 0.717) is 48.5 Å². The summed E-state index contributed by atoms with van der Waals surface area (Å²) >= 11 is 0. The molecule has 2 aromatic carbocycles. The van der Waals surface area contributed by atoms with Gasteiger partial charge in [-0.2, -0.15) is 26.3 Å². The van der Waals surface area contributed by atoms with Crippen molar-refractivity contribution in [2.75, 3.05) is 28.4 Å². The van der Waals surface area contributed by atoms with Crippen molar-refractivity contribution in [2.24, 2.45) is 0 Å². The Morgan fingerprint density at radius 2 is 0.723 bits per heavy atom. The van der Waals surface area contributed by atoms with Gasteiger partial charge in [-0.15, -0.1) is 29.9 Å². The molecule has 0 N–H and O–H groups in total. The third kappa shape index (κ3) is 6.89. The molecule has 0 amide bonds. The summed E-state index contributed by atoms with van der Waals surface area (Å²) < 4.78 is 117. The molecule has 0 aliphatic carbocycles. The van der Waals surface area contributed by atoms with E-state index in [2.05, 4.69) is 29.9 Å². The Balaban J connectivity index is 1.67. The van der Waals surface area contributed by atoms with Crippen LogP contribution in [0.5, 0.6) is 36.1 Å². The van der Waals surface area contributed by atoms with E-state index >= 15 is 0 Å². The van der Waals surface area contributed by atoms with Crippen molar-refractivity contribution in [1.29, 1.82) is 0 Å². The Labute approximate surface area is 259 Å². The standard InChI is InChI=1S/C27H20F6N6O8/c1-42-19-34-20(43-2)37-23(36-19)46-17(40)13-5-9-15(10-6-13)25(26(28,29)30,27(31,32)33)16-11-7-14(8-12-16)18(41)47-24-38-21(44-3)35-22(39-24)45-4/h5-12H,1-4H3. The molecule has 0 saturated heterocycles. The van der Waals surface area contributed by atoms with E-state index in [1.54, 1.807) is 0 Å². The van der Waals surface area contributed by atoms with Crippen molar-refractivity contribution >= 4 is 11.9 Å². The van der Waals surface area contributed by atoms with Crippen LogP contribution < -0.4 is 28.4 Å². The summed E-state index contributed by atoms with van der Waals surface area (Å²) in [6.07, 6.45) is -11.9. The molecule has 0 saturated carbocycles. The lowest BCUT2D eigenvalue weighted by Gasteiger charge is -2.38. The van der Waals surface area contributed by atoms with Gasteiger partial charge in [0.15, 0.2) is 0 Å². The van der Waals surface area contributed by atoms with Crippen LogP contribution >= 0.6 is 0 Å². The van der Waals surface area contributed by atoms with Crippen LogP contribution in [0.2, 0.25) is 0 Å². The maximum Gasteiger partial charge on any atom is 0.411 e. The monoisotopic (exact) mass is 670 g/mol. The van der Waals surface area contributed by atoms with Gasteiger partial charge in [-0.3, -0.25) is 0 Å². The molecule has 0 atom stereocenters. The summed E-state index contributed by atoms with van der Waals surface area (Å²) in [4.78, 5) is 47.3. The molecule has 0 unspecified atom stereocenters. The van der Waals surface area contributed by atoms with Crippen LogP contribution in [0.25, 0.3) is 0 Å². The van der Waals surface area contributed by atoms with Gasteiger partial charge in [0.05, 0.1) is 39.6 Å². The van der Waals surface area contributed by atoms with E-state index in [9.17, 15) is 35.9 Å². The predicted molar refractivity (Wildman–Crippen MR) is 142 cm³/mol. The second-order valence-corrected chi connectivity index (χ2v) is 8.86. The normalized spacial score (nSPS) is 11.8. The van der Waals surface area contributed by atoms with Crippen LogP contribution in [0.15, 0.2) is 48.5 Å². The van der Waals surface area contributed by atoms with E-state index in [4.69, 9.17) is 28.4 Å². The summed E-state index contributed by atoms with van der Waals surface area (Å²) in [6.45, 7) is 0. The first-order chi connectivity index (χ1) is 22.2. The molecule has 20 heteroatoms. The second-order valence-electron chi connectivity index (χ2n) is 8.86. The summed E-state index contributed by atoms with van der Waals surface area (Å²) in [5.41, 5.74) is -8.09. The molecule has 0 spiro atoms. The molecule has 47 heavy (non-hydrogen) atoms. The summed E-state index contributed by atoms with van der Waals surface area (Å²) in [7, 11) is 4.77. The predicted octanol–water partition coefficient (Wildman–Crippen LogP) is 3.94. The van der Waals surface area contributed by atoms with Crippen molar-refractivity contribution in [1.82, 2.24) is 29.9 Å². The molecular weight excluding hydrogens is 650 g/mol. The average Bonchev–Trinajstić information content (AvgIpc) is 3.03. The Kier molecular flexibility index (Phi) is 9.62. The van der Waals surface area contributed by atoms with Gasteiger partial charge >= 0.3 is 60.4 Å². The number of carbonyl (C=O) groups excluding carboxylic acids is 2. The molecular formula is C27H20F6N6O8. The van der Waals surface area contributed by atoms with E-state index in [0.717, 1.165) is 0 Å². The number of nitrogens with zero attached hydrogens (tertiary/aromatic N) is 6. The largest absolute Gasteiger partial charge is 0.467 e. The number of hydrogen-bond donors (Lipinski definition) is 0. The summed E-state index contributed by atoms with van der Waals surface area (Å²) in [5, 5.41) is 0. The highest BCUT2D eigenvalue weighted by Crippen LogP contribution is 2.56. The minimum Gasteiger partial charge on any atom is -0.467 e. The average molecular weight is 670 g/mol. The topological polar surface area (TPSA) is 167 Å². The van der Waals surface area contributed by atoms with Crippen molar-refractivity contribution in [3.05, 3.63) is 70.8 Å². The van der Waals surface area contributed by atoms with E-state index in [-0.39, 0.29) is 24.0 Å². The zero-order valence-corrected chi connectivity index (χ0v) is 24.3. The molecule has 2 aromatic heterocycles. The highest BCUT2D eigenvalue weighted by molar-refractivity contribution is 5.91. The third-order valence-corrected chi connectivity index (χ3v) is 6.20. The first kappa shape index (κ1) is 34.1. The first-order valence-electron chi connectivity index (χ1n) is 12.6. The van der Waals surface area contributed by atoms with Crippen LogP contribution in [0.4, 0.5) is 26.3 Å². The lowest BCUT2D eigenvalue weighted by atomic mass is 9.72. The van der Waals surface area contributed by atoms with Gasteiger partial charge in [0.25, 0.3) is 0 Å². The molecule has 0 radical (unpaired) electrons. The summed E-state index contributed by atoms with van der Waals surface area (Å²) in [5.74, 6) is -2.46. The fraction of sp³-hybridized carbons (Fsp3) is 0.259. The van der Waals surface area contributed by atoms with E-state index in [1.165, 1.54) is 28.4 Å². The lowest BCUT2D eigenvalue weighted by molar-refractivity contribution is -0.288. The molecule has 248 valence electrons. The van der Waals surface area contributed by atoms with Gasteiger partial charge in [0.1, 0.15) is 0 Å². The second kappa shape index (κ2) is 13.3. The van der Waals surface area contributed by atoms with Gasteiger partial charge in [-0.25, -0.2) is 9.59 Å². The molecule has 14 nitrogen and oxygen atoms in total. The fourth-order valence-electron chi connectivity index (χ4n) is 4.08. The van der Waals surface area contributed by atoms with Gasteiger partial charge in [0.2, 0.25) is 5.41 Å². The van der Waals surface area contributed by atoms with Gasteiger partial charge in [-0.1, -0.05) is 24.3 Å². The number of ether oxygens (including phenoxy) is 6. The molecule has 0 bridgehead atoms. The number of benzene rings is 2. The number of alkyl halides is 6. The van der Waals surface area contributed by atoms with Crippen LogP contribution in [0.3, 0.4) is 0 Å². The Hall–Kier alpha value is -5.82. The Bertz CT molecular complexity index is 1580. The quantitative estimate of drug-likeness (QED) is 0.176. The number of aromatic nitrogens is 6. The molecule has 0 aliphatic heterocycles. The lowest BCUT2D eigenvalue weighted by Crippen LogP contribution is -2.54. The molecule has 0 fully saturated rings. The van der Waals surface area contributed by atoms with Gasteiger partial charge < -0.3 is 28.4 Å². The molecule has 4 aromatic rings. The summed E-state index contributed by atoms with van der Waals surface area (Å²) in [6, 6.07) is 2.21. The minimum absolute atomic E-state index is 0.305. The number of methoxy groups -OCH3 is 4. The molecule has 0 aliphatic rings. The molecule has 4 rings (SSSR count). The van der Waals surface area contributed by atoms with Crippen molar-refractivity contribution in [3.8, 4) is 36.1 Å². The van der Waals surface area contributed by atoms with Gasteiger partial charge in [0, 0.05) is 0 Å². The highest BCUT2D eigenvalue weighted by atomic mass is 19.4. The third-order valence-electron chi connectivity index (χ3n) is 6.20. The molecule has 2 heterocycles. The minimum atomic E-state index is -5.97.